The molecule has 92 valence electrons. The van der Waals surface area contributed by atoms with E-state index in [1.165, 1.54) is 19.3 Å². The summed E-state index contributed by atoms with van der Waals surface area (Å²) in [5.74, 6) is -0.275. The molecule has 0 amide bonds. The Morgan fingerprint density at radius 2 is 2.41 bits per heavy atom. The number of hydrogen-bond donors (Lipinski definition) is 0. The molecule has 7 heteroatoms. The summed E-state index contributed by atoms with van der Waals surface area (Å²) in [4.78, 5) is 17.1. The minimum absolute atomic E-state index is 0.305. The normalized spacial score (nSPS) is 13.2. The molecule has 0 fully saturated rings. The molecule has 0 N–H and O–H groups in total. The first kappa shape index (κ1) is 13.0. The lowest BCUT2D eigenvalue weighted by Crippen LogP contribution is -2.30. The molecule has 0 aliphatic rings. The first-order chi connectivity index (χ1) is 8.02. The predicted molar refractivity (Wildman–Crippen MR) is 59.5 cm³/mol. The molecule has 0 aromatic carbocycles. The number of nitrogens with zero attached hydrogens (tertiary/aromatic N) is 3. The van der Waals surface area contributed by atoms with Crippen molar-refractivity contribution in [2.24, 2.45) is 4.99 Å². The molecule has 1 heterocycles. The van der Waals surface area contributed by atoms with Crippen LogP contribution in [-0.2, 0) is 0 Å². The second-order valence-corrected chi connectivity index (χ2v) is 3.28. The van der Waals surface area contributed by atoms with Crippen LogP contribution in [-0.4, -0.2) is 35.3 Å². The van der Waals surface area contributed by atoms with Gasteiger partial charge < -0.3 is 4.74 Å². The Labute approximate surface area is 97.3 Å². The lowest BCUT2D eigenvalue weighted by Gasteiger charge is -2.14. The number of rotatable bonds is 5. The average molecular weight is 241 g/mol. The van der Waals surface area contributed by atoms with Crippen molar-refractivity contribution >= 4 is 5.71 Å². The molecule has 1 atom stereocenters. The van der Waals surface area contributed by atoms with Crippen molar-refractivity contribution in [1.82, 2.24) is 4.98 Å². The number of pyridine rings is 1. The van der Waals surface area contributed by atoms with Gasteiger partial charge in [-0.2, -0.15) is 4.39 Å². The number of nitro groups is 1. The number of ether oxygens (including phenoxy) is 1. The molecule has 17 heavy (non-hydrogen) atoms. The molecular formula is C10H12FN3O3. The monoisotopic (exact) mass is 241 g/mol. The van der Waals surface area contributed by atoms with Crippen molar-refractivity contribution in [1.29, 1.82) is 0 Å². The van der Waals surface area contributed by atoms with Gasteiger partial charge in [0.25, 0.3) is 0 Å². The van der Waals surface area contributed by atoms with Gasteiger partial charge in [0.2, 0.25) is 12.5 Å². The number of aromatic nitrogens is 1. The Morgan fingerprint density at radius 1 is 1.71 bits per heavy atom. The number of aliphatic imine (C=N–C) groups is 1. The summed E-state index contributed by atoms with van der Waals surface area (Å²) >= 11 is 0. The minimum atomic E-state index is -0.611. The molecule has 0 radical (unpaired) electrons. The highest BCUT2D eigenvalue weighted by molar-refractivity contribution is 5.89. The molecule has 0 saturated carbocycles. The van der Waals surface area contributed by atoms with Crippen LogP contribution in [0.4, 0.5) is 4.39 Å². The van der Waals surface area contributed by atoms with E-state index in [0.29, 0.717) is 11.5 Å². The molecule has 0 bridgehead atoms. The molecule has 1 aromatic rings. The van der Waals surface area contributed by atoms with Gasteiger partial charge in [0, 0.05) is 12.0 Å². The highest BCUT2D eigenvalue weighted by Crippen LogP contribution is 2.11. The van der Waals surface area contributed by atoms with Gasteiger partial charge in [-0.25, -0.2) is 4.98 Å². The van der Waals surface area contributed by atoms with Gasteiger partial charge in [0.15, 0.2) is 0 Å². The van der Waals surface area contributed by atoms with Crippen LogP contribution in [0.1, 0.15) is 6.92 Å². The van der Waals surface area contributed by atoms with Gasteiger partial charge >= 0.3 is 0 Å². The van der Waals surface area contributed by atoms with E-state index in [1.54, 1.807) is 6.92 Å². The van der Waals surface area contributed by atoms with Gasteiger partial charge in [-0.15, -0.1) is 0 Å². The molecule has 1 rings (SSSR count). The minimum Gasteiger partial charge on any atom is -0.483 e. The SMILES string of the molecule is CN=C(C[N+](=O)[O-])C(C)Oc1ccc(F)nc1. The Bertz CT molecular complexity index is 419. The largest absolute Gasteiger partial charge is 0.483 e. The summed E-state index contributed by atoms with van der Waals surface area (Å²) < 4.78 is 17.9. The predicted octanol–water partition coefficient (Wildman–Crippen LogP) is 1.34. The zero-order valence-electron chi connectivity index (χ0n) is 9.46. The van der Waals surface area contributed by atoms with Crippen molar-refractivity contribution in [3.05, 3.63) is 34.4 Å². The van der Waals surface area contributed by atoms with E-state index in [0.717, 1.165) is 6.07 Å². The molecule has 1 unspecified atom stereocenters. The summed E-state index contributed by atoms with van der Waals surface area (Å²) in [5, 5.41) is 10.4. The number of halogens is 1. The zero-order valence-corrected chi connectivity index (χ0v) is 9.46. The Morgan fingerprint density at radius 3 is 2.88 bits per heavy atom. The van der Waals surface area contributed by atoms with Gasteiger partial charge in [-0.3, -0.25) is 15.1 Å². The van der Waals surface area contributed by atoms with Crippen molar-refractivity contribution in [2.75, 3.05) is 13.6 Å². The van der Waals surface area contributed by atoms with Crippen molar-refractivity contribution in [3.8, 4) is 5.75 Å². The lowest BCUT2D eigenvalue weighted by atomic mass is 10.2. The Hall–Kier alpha value is -2.05. The fourth-order valence-corrected chi connectivity index (χ4v) is 1.22. The third-order valence-electron chi connectivity index (χ3n) is 2.06. The molecule has 0 spiro atoms. The van der Waals surface area contributed by atoms with Gasteiger partial charge in [-0.1, -0.05) is 0 Å². The number of hydrogen-bond acceptors (Lipinski definition) is 5. The molecule has 0 aliphatic carbocycles. The fraction of sp³-hybridized carbons (Fsp3) is 0.400. The summed E-state index contributed by atoms with van der Waals surface area (Å²) in [6.07, 6.45) is 0.656. The average Bonchev–Trinajstić information content (AvgIpc) is 2.28. The van der Waals surface area contributed by atoms with Crippen LogP contribution in [0, 0.1) is 16.1 Å². The molecule has 6 nitrogen and oxygen atoms in total. The summed E-state index contributed by atoms with van der Waals surface area (Å²) in [6, 6.07) is 2.55. The summed E-state index contributed by atoms with van der Waals surface area (Å²) in [5.41, 5.74) is 0.305. The van der Waals surface area contributed by atoms with E-state index < -0.39 is 17.0 Å². The quantitative estimate of drug-likeness (QED) is 0.337. The van der Waals surface area contributed by atoms with Crippen LogP contribution < -0.4 is 4.74 Å². The smallest absolute Gasteiger partial charge is 0.244 e. The van der Waals surface area contributed by atoms with E-state index in [1.807, 2.05) is 0 Å². The Balaban J connectivity index is 2.67. The van der Waals surface area contributed by atoms with E-state index in [-0.39, 0.29) is 6.54 Å². The van der Waals surface area contributed by atoms with Crippen LogP contribution in [0.3, 0.4) is 0 Å². The van der Waals surface area contributed by atoms with Crippen LogP contribution in [0.2, 0.25) is 0 Å². The van der Waals surface area contributed by atoms with Crippen LogP contribution in [0.25, 0.3) is 0 Å². The molecular weight excluding hydrogens is 229 g/mol. The van der Waals surface area contributed by atoms with Crippen LogP contribution in [0.15, 0.2) is 23.3 Å². The highest BCUT2D eigenvalue weighted by atomic mass is 19.1. The topological polar surface area (TPSA) is 77.6 Å². The second-order valence-electron chi connectivity index (χ2n) is 3.28. The van der Waals surface area contributed by atoms with Crippen molar-refractivity contribution in [2.45, 2.75) is 13.0 Å². The van der Waals surface area contributed by atoms with Crippen LogP contribution in [0.5, 0.6) is 5.75 Å². The fourth-order valence-electron chi connectivity index (χ4n) is 1.22. The van der Waals surface area contributed by atoms with E-state index in [9.17, 15) is 14.5 Å². The Kier molecular flexibility index (Phi) is 4.50. The first-order valence-electron chi connectivity index (χ1n) is 4.88. The molecule has 0 saturated heterocycles. The van der Waals surface area contributed by atoms with Gasteiger partial charge in [0.1, 0.15) is 17.6 Å². The lowest BCUT2D eigenvalue weighted by molar-refractivity contribution is -0.463. The second kappa shape index (κ2) is 5.88. The maximum absolute atomic E-state index is 12.5. The van der Waals surface area contributed by atoms with E-state index in [2.05, 4.69) is 9.98 Å². The van der Waals surface area contributed by atoms with E-state index >= 15 is 0 Å². The highest BCUT2D eigenvalue weighted by Gasteiger charge is 2.17. The molecule has 1 aromatic heterocycles. The maximum Gasteiger partial charge on any atom is 0.244 e. The molecule has 0 aliphatic heterocycles. The standard InChI is InChI=1S/C10H12FN3O3/c1-7(9(12-2)6-14(15)16)17-8-3-4-10(11)13-5-8/h3-5,7H,6H2,1-2H3. The van der Waals surface area contributed by atoms with E-state index in [4.69, 9.17) is 4.74 Å². The zero-order chi connectivity index (χ0) is 12.8. The van der Waals surface area contributed by atoms with Crippen LogP contribution >= 0.6 is 0 Å². The first-order valence-corrected chi connectivity index (χ1v) is 4.88. The van der Waals surface area contributed by atoms with Crippen molar-refractivity contribution < 1.29 is 14.1 Å². The van der Waals surface area contributed by atoms with Crippen molar-refractivity contribution in [3.63, 3.8) is 0 Å². The maximum atomic E-state index is 12.5. The third-order valence-corrected chi connectivity index (χ3v) is 2.06. The third kappa shape index (κ3) is 4.13. The van der Waals surface area contributed by atoms with Gasteiger partial charge in [-0.05, 0) is 19.1 Å². The van der Waals surface area contributed by atoms with Gasteiger partial charge in [0.05, 0.1) is 6.20 Å². The summed E-state index contributed by atoms with van der Waals surface area (Å²) in [6.45, 7) is 1.25. The summed E-state index contributed by atoms with van der Waals surface area (Å²) in [7, 11) is 1.46.